The van der Waals surface area contributed by atoms with Crippen LogP contribution in [0.25, 0.3) is 22.2 Å². The second-order valence-corrected chi connectivity index (χ2v) is 7.16. The summed E-state index contributed by atoms with van der Waals surface area (Å²) in [6, 6.07) is 13.6. The van der Waals surface area contributed by atoms with E-state index in [4.69, 9.17) is 5.11 Å². The van der Waals surface area contributed by atoms with E-state index in [0.717, 1.165) is 22.2 Å². The summed E-state index contributed by atoms with van der Waals surface area (Å²) in [5, 5.41) is 13.2. The van der Waals surface area contributed by atoms with Gasteiger partial charge in [-0.3, -0.25) is 0 Å². The van der Waals surface area contributed by atoms with Gasteiger partial charge in [-0.1, -0.05) is 18.2 Å². The summed E-state index contributed by atoms with van der Waals surface area (Å²) in [6.07, 6.45) is 1.46. The van der Waals surface area contributed by atoms with Crippen LogP contribution in [0.15, 0.2) is 54.9 Å². The highest BCUT2D eigenvalue weighted by Gasteiger charge is 2.12. The van der Waals surface area contributed by atoms with E-state index in [0.29, 0.717) is 30.1 Å². The average Bonchev–Trinajstić information content (AvgIpc) is 3.08. The van der Waals surface area contributed by atoms with Crippen molar-refractivity contribution in [3.63, 3.8) is 0 Å². The molecule has 0 saturated heterocycles. The van der Waals surface area contributed by atoms with E-state index in [1.807, 2.05) is 24.5 Å². The van der Waals surface area contributed by atoms with Crippen molar-refractivity contribution in [3.8, 4) is 11.3 Å². The maximum absolute atomic E-state index is 14.4. The van der Waals surface area contributed by atoms with E-state index in [2.05, 4.69) is 15.3 Å². The number of aryl methyl sites for hydroxylation is 2. The van der Waals surface area contributed by atoms with E-state index in [1.54, 1.807) is 36.4 Å². The predicted molar refractivity (Wildman–Crippen MR) is 114 cm³/mol. The summed E-state index contributed by atoms with van der Waals surface area (Å²) in [5.74, 6) is -0.544. The largest absolute Gasteiger partial charge is 0.478 e. The maximum Gasteiger partial charge on any atom is 0.335 e. The lowest BCUT2D eigenvalue weighted by Crippen LogP contribution is -2.13. The van der Waals surface area contributed by atoms with Gasteiger partial charge >= 0.3 is 5.97 Å². The molecule has 0 radical (unpaired) electrons. The molecule has 0 saturated carbocycles. The Morgan fingerprint density at radius 2 is 1.87 bits per heavy atom. The Morgan fingerprint density at radius 3 is 2.60 bits per heavy atom. The molecule has 0 aliphatic carbocycles. The fraction of sp³-hybridized carbons (Fsp3) is 0.174. The van der Waals surface area contributed by atoms with Crippen LogP contribution in [-0.2, 0) is 6.54 Å². The first-order chi connectivity index (χ1) is 14.4. The van der Waals surface area contributed by atoms with Gasteiger partial charge in [-0.25, -0.2) is 19.2 Å². The highest BCUT2D eigenvalue weighted by molar-refractivity contribution is 5.88. The van der Waals surface area contributed by atoms with Crippen molar-refractivity contribution in [1.29, 1.82) is 0 Å². The molecule has 0 unspecified atom stereocenters. The van der Waals surface area contributed by atoms with Gasteiger partial charge in [0.2, 0.25) is 0 Å². The smallest absolute Gasteiger partial charge is 0.335 e. The Hall–Kier alpha value is -3.74. The third-order valence-corrected chi connectivity index (χ3v) is 5.17. The number of aromatic nitrogens is 3. The number of rotatable bonds is 6. The van der Waals surface area contributed by atoms with Crippen LogP contribution in [0.4, 0.5) is 10.2 Å². The molecule has 0 fully saturated rings. The van der Waals surface area contributed by atoms with Crippen LogP contribution < -0.4 is 5.32 Å². The molecule has 0 spiro atoms. The average molecular weight is 404 g/mol. The fourth-order valence-electron chi connectivity index (χ4n) is 3.58. The zero-order chi connectivity index (χ0) is 21.3. The number of carboxylic acids is 1. The van der Waals surface area contributed by atoms with Gasteiger partial charge < -0.3 is 15.0 Å². The molecule has 30 heavy (non-hydrogen) atoms. The molecular weight excluding hydrogens is 383 g/mol. The van der Waals surface area contributed by atoms with Crippen LogP contribution in [0, 0.1) is 19.7 Å². The second kappa shape index (κ2) is 7.94. The van der Waals surface area contributed by atoms with Crippen molar-refractivity contribution in [3.05, 3.63) is 77.5 Å². The lowest BCUT2D eigenvalue weighted by Gasteiger charge is -2.11. The van der Waals surface area contributed by atoms with E-state index in [9.17, 15) is 9.18 Å². The zero-order valence-electron chi connectivity index (χ0n) is 16.7. The van der Waals surface area contributed by atoms with Gasteiger partial charge in [-0.15, -0.1) is 0 Å². The first-order valence-corrected chi connectivity index (χ1v) is 9.58. The molecule has 2 aromatic heterocycles. The number of hydrogen-bond acceptors (Lipinski definition) is 4. The van der Waals surface area contributed by atoms with E-state index < -0.39 is 5.97 Å². The van der Waals surface area contributed by atoms with Crippen molar-refractivity contribution in [2.24, 2.45) is 0 Å². The van der Waals surface area contributed by atoms with E-state index in [1.165, 1.54) is 12.4 Å². The highest BCUT2D eigenvalue weighted by atomic mass is 19.1. The lowest BCUT2D eigenvalue weighted by atomic mass is 10.1. The molecule has 0 amide bonds. The summed E-state index contributed by atoms with van der Waals surface area (Å²) >= 11 is 0. The Kier molecular flexibility index (Phi) is 5.18. The van der Waals surface area contributed by atoms with Gasteiger partial charge in [-0.05, 0) is 43.7 Å². The van der Waals surface area contributed by atoms with E-state index >= 15 is 0 Å². The molecular formula is C23H21FN4O2. The number of nitrogens with one attached hydrogen (secondary N) is 1. The van der Waals surface area contributed by atoms with Crippen LogP contribution in [0.3, 0.4) is 0 Å². The number of carboxylic acid groups (broad SMARTS) is 1. The molecule has 2 heterocycles. The number of benzene rings is 2. The summed E-state index contributed by atoms with van der Waals surface area (Å²) < 4.78 is 16.4. The summed E-state index contributed by atoms with van der Waals surface area (Å²) in [4.78, 5) is 19.5. The van der Waals surface area contributed by atoms with E-state index in [-0.39, 0.29) is 11.4 Å². The number of aromatic carboxylic acids is 1. The Morgan fingerprint density at radius 1 is 1.10 bits per heavy atom. The van der Waals surface area contributed by atoms with Crippen LogP contribution in [-0.4, -0.2) is 32.2 Å². The van der Waals surface area contributed by atoms with Gasteiger partial charge in [-0.2, -0.15) is 0 Å². The molecule has 0 bridgehead atoms. The van der Waals surface area contributed by atoms with Crippen molar-refractivity contribution >= 4 is 22.7 Å². The molecule has 7 heteroatoms. The molecule has 0 atom stereocenters. The lowest BCUT2D eigenvalue weighted by molar-refractivity contribution is 0.0697. The molecule has 0 aliphatic heterocycles. The number of carbonyl (C=O) groups is 1. The summed E-state index contributed by atoms with van der Waals surface area (Å²) in [7, 11) is 0. The van der Waals surface area contributed by atoms with Crippen molar-refractivity contribution in [2.75, 3.05) is 11.9 Å². The minimum Gasteiger partial charge on any atom is -0.478 e. The predicted octanol–water partition coefficient (Wildman–Crippen LogP) is 4.66. The van der Waals surface area contributed by atoms with Crippen LogP contribution in [0.2, 0.25) is 0 Å². The molecule has 4 rings (SSSR count). The fourth-order valence-corrected chi connectivity index (χ4v) is 3.58. The topological polar surface area (TPSA) is 80.0 Å². The number of nitrogens with zero attached hydrogens (tertiary/aromatic N) is 3. The zero-order valence-corrected chi connectivity index (χ0v) is 16.7. The van der Waals surface area contributed by atoms with Crippen molar-refractivity contribution in [1.82, 2.24) is 14.5 Å². The van der Waals surface area contributed by atoms with Crippen LogP contribution in [0.5, 0.6) is 0 Å². The first-order valence-electron chi connectivity index (χ1n) is 9.58. The third kappa shape index (κ3) is 3.74. The SMILES string of the molecule is Cc1ccc(F)c2c1cc(C)n2CCNc1cc(-c2ccc(C(=O)O)cc2)ncn1. The molecule has 6 nitrogen and oxygen atoms in total. The monoisotopic (exact) mass is 404 g/mol. The van der Waals surface area contributed by atoms with Crippen molar-refractivity contribution in [2.45, 2.75) is 20.4 Å². The Balaban J connectivity index is 1.50. The summed E-state index contributed by atoms with van der Waals surface area (Å²) in [6.45, 7) is 5.10. The van der Waals surface area contributed by atoms with Crippen molar-refractivity contribution < 1.29 is 14.3 Å². The minimum absolute atomic E-state index is 0.224. The molecule has 152 valence electrons. The quantitative estimate of drug-likeness (QED) is 0.488. The van der Waals surface area contributed by atoms with Gasteiger partial charge in [0.15, 0.2) is 0 Å². The van der Waals surface area contributed by atoms with Crippen LogP contribution in [0.1, 0.15) is 21.6 Å². The second-order valence-electron chi connectivity index (χ2n) is 7.16. The standard InChI is InChI=1S/C23H21FN4O2/c1-14-3-8-19(24)22-18(14)11-15(2)28(22)10-9-25-21-12-20(26-13-27-21)16-4-6-17(7-5-16)23(29)30/h3-8,11-13H,9-10H2,1-2H3,(H,29,30)(H,25,26,27). The molecule has 0 aliphatic rings. The minimum atomic E-state index is -0.967. The highest BCUT2D eigenvalue weighted by Crippen LogP contribution is 2.26. The number of hydrogen-bond donors (Lipinski definition) is 2. The Bertz CT molecular complexity index is 1230. The van der Waals surface area contributed by atoms with Gasteiger partial charge in [0.1, 0.15) is 18.0 Å². The van der Waals surface area contributed by atoms with Gasteiger partial charge in [0, 0.05) is 35.8 Å². The number of anilines is 1. The first kappa shape index (κ1) is 19.6. The maximum atomic E-state index is 14.4. The normalized spacial score (nSPS) is 11.0. The molecule has 4 aromatic rings. The molecule has 2 N–H and O–H groups in total. The third-order valence-electron chi connectivity index (χ3n) is 5.17. The Labute approximate surface area is 173 Å². The number of fused-ring (bicyclic) bond motifs is 1. The summed E-state index contributed by atoms with van der Waals surface area (Å²) in [5.41, 5.74) is 4.39. The van der Waals surface area contributed by atoms with Gasteiger partial charge in [0.25, 0.3) is 0 Å². The van der Waals surface area contributed by atoms with Gasteiger partial charge in [0.05, 0.1) is 16.8 Å². The van der Waals surface area contributed by atoms with Crippen LogP contribution >= 0.6 is 0 Å². The molecule has 2 aromatic carbocycles. The number of halogens is 1.